The molecule has 9 nitrogen and oxygen atoms in total. The van der Waals surface area contributed by atoms with Crippen molar-refractivity contribution in [3.05, 3.63) is 60.8 Å². The summed E-state index contributed by atoms with van der Waals surface area (Å²) in [5.74, 6) is 0.699. The molecule has 0 spiro atoms. The number of para-hydroxylation sites is 1. The summed E-state index contributed by atoms with van der Waals surface area (Å²) in [5.41, 5.74) is 4.92. The van der Waals surface area contributed by atoms with Gasteiger partial charge in [0.05, 0.1) is 6.33 Å². The summed E-state index contributed by atoms with van der Waals surface area (Å²) in [4.78, 5) is 20.4. The fraction of sp³-hybridized carbons (Fsp3) is 0.158. The predicted molar refractivity (Wildman–Crippen MR) is 111 cm³/mol. The summed E-state index contributed by atoms with van der Waals surface area (Å²) in [5, 5.41) is 3.36. The van der Waals surface area contributed by atoms with Crippen molar-refractivity contribution >= 4 is 33.6 Å². The van der Waals surface area contributed by atoms with Gasteiger partial charge in [0.25, 0.3) is 0 Å². The Balaban J connectivity index is 1.57. The predicted octanol–water partition coefficient (Wildman–Crippen LogP) is 2.21. The molecule has 10 heteroatoms. The van der Waals surface area contributed by atoms with Gasteiger partial charge in [0, 0.05) is 24.0 Å². The number of aryl methyl sites for hydroxylation is 1. The number of anilines is 2. The lowest BCUT2D eigenvalue weighted by molar-refractivity contribution is 0.599. The van der Waals surface area contributed by atoms with Crippen LogP contribution in [0.2, 0.25) is 0 Å². The molecule has 29 heavy (non-hydrogen) atoms. The van der Waals surface area contributed by atoms with Crippen LogP contribution in [0.15, 0.2) is 55.2 Å². The number of thiol groups is 1. The molecule has 0 unspecified atom stereocenters. The first-order valence-electron chi connectivity index (χ1n) is 9.04. The second-order valence-corrected chi connectivity index (χ2v) is 7.14. The fourth-order valence-electron chi connectivity index (χ4n) is 3.06. The summed E-state index contributed by atoms with van der Waals surface area (Å²) >= 11 is 0. The molecule has 148 valence electrons. The molecule has 0 amide bonds. The van der Waals surface area contributed by atoms with Crippen molar-refractivity contribution < 1.29 is 8.42 Å². The zero-order chi connectivity index (χ0) is 20.1. The number of aromatic amines is 1. The van der Waals surface area contributed by atoms with Crippen LogP contribution in [0, 0.1) is 0 Å². The molecule has 4 aromatic rings. The minimum absolute atomic E-state index is 0.417. The standard InChI is InChI=1S/C19H19N7O2S/c27-29(28)25-8-3-4-13-7-9-20-16(10-13)26-15-6-2-1-5-14(15)17-18-19(23-11-21-17)24-12-22-18/h1-2,5-7,9-12,29H,3-4,8H2,(H,20,26)(H,25,27,28)(H,21,22,23,24). The zero-order valence-electron chi connectivity index (χ0n) is 15.4. The van der Waals surface area contributed by atoms with E-state index in [0.717, 1.165) is 28.9 Å². The zero-order valence-corrected chi connectivity index (χ0v) is 16.3. The van der Waals surface area contributed by atoms with Gasteiger partial charge < -0.3 is 10.3 Å². The second kappa shape index (κ2) is 8.76. The van der Waals surface area contributed by atoms with Gasteiger partial charge in [-0.2, -0.15) is 0 Å². The number of fused-ring (bicyclic) bond motifs is 1. The summed E-state index contributed by atoms with van der Waals surface area (Å²) in [6.45, 7) is 0.417. The van der Waals surface area contributed by atoms with E-state index < -0.39 is 10.9 Å². The number of nitrogens with zero attached hydrogens (tertiary/aromatic N) is 4. The molecule has 0 bridgehead atoms. The van der Waals surface area contributed by atoms with Crippen LogP contribution in [0.25, 0.3) is 22.4 Å². The monoisotopic (exact) mass is 409 g/mol. The lowest BCUT2D eigenvalue weighted by atomic mass is 10.1. The van der Waals surface area contributed by atoms with Crippen LogP contribution in [0.4, 0.5) is 11.5 Å². The first-order valence-corrected chi connectivity index (χ1v) is 10.2. The number of hydrogen-bond acceptors (Lipinski definition) is 7. The Labute approximate surface area is 168 Å². The fourth-order valence-corrected chi connectivity index (χ4v) is 3.40. The van der Waals surface area contributed by atoms with Gasteiger partial charge in [-0.05, 0) is 36.6 Å². The Morgan fingerprint density at radius 1 is 1.03 bits per heavy atom. The quantitative estimate of drug-likeness (QED) is 0.260. The molecular weight excluding hydrogens is 390 g/mol. The Kier molecular flexibility index (Phi) is 5.73. The van der Waals surface area contributed by atoms with Gasteiger partial charge in [-0.15, -0.1) is 0 Å². The van der Waals surface area contributed by atoms with Gasteiger partial charge in [-0.25, -0.2) is 33.1 Å². The summed E-state index contributed by atoms with van der Waals surface area (Å²) in [6.07, 6.45) is 6.30. The van der Waals surface area contributed by atoms with E-state index in [1.54, 1.807) is 12.5 Å². The Hall–Kier alpha value is -3.37. The van der Waals surface area contributed by atoms with Crippen LogP contribution >= 0.6 is 0 Å². The lowest BCUT2D eigenvalue weighted by Crippen LogP contribution is -2.13. The average molecular weight is 409 g/mol. The summed E-state index contributed by atoms with van der Waals surface area (Å²) < 4.78 is 23.6. The number of rotatable bonds is 8. The number of nitrogens with one attached hydrogen (secondary N) is 3. The molecule has 4 rings (SSSR count). The molecule has 0 aliphatic carbocycles. The number of benzene rings is 1. The first kappa shape index (κ1) is 19.0. The van der Waals surface area contributed by atoms with Crippen LogP contribution in [0.3, 0.4) is 0 Å². The molecule has 0 saturated carbocycles. The molecule has 3 heterocycles. The highest BCUT2D eigenvalue weighted by Gasteiger charge is 2.13. The average Bonchev–Trinajstić information content (AvgIpc) is 3.21. The van der Waals surface area contributed by atoms with Crippen molar-refractivity contribution in [2.45, 2.75) is 12.8 Å². The van der Waals surface area contributed by atoms with E-state index in [0.29, 0.717) is 29.9 Å². The molecule has 0 aliphatic rings. The number of pyridine rings is 1. The smallest absolute Gasteiger partial charge is 0.201 e. The normalized spacial score (nSPS) is 11.2. The molecule has 0 atom stereocenters. The molecular formula is C19H19N7O2S. The van der Waals surface area contributed by atoms with Gasteiger partial charge >= 0.3 is 0 Å². The lowest BCUT2D eigenvalue weighted by Gasteiger charge is -2.12. The van der Waals surface area contributed by atoms with Crippen LogP contribution in [0.1, 0.15) is 12.0 Å². The van der Waals surface area contributed by atoms with Crippen molar-refractivity contribution in [1.82, 2.24) is 29.6 Å². The highest BCUT2D eigenvalue weighted by molar-refractivity contribution is 7.70. The van der Waals surface area contributed by atoms with Gasteiger partial charge in [0.1, 0.15) is 23.4 Å². The van der Waals surface area contributed by atoms with Crippen LogP contribution in [0.5, 0.6) is 0 Å². The van der Waals surface area contributed by atoms with Gasteiger partial charge in [-0.3, -0.25) is 0 Å². The highest BCUT2D eigenvalue weighted by atomic mass is 32.2. The van der Waals surface area contributed by atoms with E-state index in [1.807, 2.05) is 36.4 Å². The van der Waals surface area contributed by atoms with E-state index in [2.05, 4.69) is 35.0 Å². The summed E-state index contributed by atoms with van der Waals surface area (Å²) in [7, 11) is -2.55. The second-order valence-electron chi connectivity index (χ2n) is 6.31. The minimum atomic E-state index is -2.55. The Morgan fingerprint density at radius 3 is 2.83 bits per heavy atom. The Morgan fingerprint density at radius 2 is 1.93 bits per heavy atom. The van der Waals surface area contributed by atoms with Crippen molar-refractivity contribution in [2.24, 2.45) is 0 Å². The molecule has 1 aromatic carbocycles. The minimum Gasteiger partial charge on any atom is -0.340 e. The van der Waals surface area contributed by atoms with Crippen molar-refractivity contribution in [1.29, 1.82) is 0 Å². The van der Waals surface area contributed by atoms with Gasteiger partial charge in [0.2, 0.25) is 10.9 Å². The number of aromatic nitrogens is 5. The molecule has 0 fully saturated rings. The molecule has 0 saturated heterocycles. The van der Waals surface area contributed by atoms with E-state index >= 15 is 0 Å². The maximum absolute atomic E-state index is 10.6. The molecule has 0 aliphatic heterocycles. The summed E-state index contributed by atoms with van der Waals surface area (Å²) in [6, 6.07) is 11.7. The van der Waals surface area contributed by atoms with Crippen molar-refractivity contribution in [3.8, 4) is 11.3 Å². The maximum atomic E-state index is 10.6. The van der Waals surface area contributed by atoms with Crippen molar-refractivity contribution in [2.75, 3.05) is 11.9 Å². The van der Waals surface area contributed by atoms with Crippen LogP contribution in [-0.2, 0) is 17.3 Å². The molecule has 3 aromatic heterocycles. The third-order valence-corrected chi connectivity index (χ3v) is 4.85. The van der Waals surface area contributed by atoms with E-state index in [1.165, 1.54) is 6.33 Å². The van der Waals surface area contributed by atoms with Crippen LogP contribution in [-0.4, -0.2) is 39.9 Å². The molecule has 3 N–H and O–H groups in total. The van der Waals surface area contributed by atoms with Crippen molar-refractivity contribution in [3.63, 3.8) is 0 Å². The van der Waals surface area contributed by atoms with E-state index in [4.69, 9.17) is 0 Å². The SMILES string of the molecule is O=[SH](=O)NCCCc1ccnc(Nc2ccccc2-c2ncnc3[nH]cnc23)c1. The largest absolute Gasteiger partial charge is 0.340 e. The topological polar surface area (TPSA) is 126 Å². The maximum Gasteiger partial charge on any atom is 0.201 e. The third kappa shape index (κ3) is 4.55. The van der Waals surface area contributed by atoms with E-state index in [-0.39, 0.29) is 0 Å². The van der Waals surface area contributed by atoms with Crippen LogP contribution < -0.4 is 10.0 Å². The first-order chi connectivity index (χ1) is 14.2. The third-order valence-electron chi connectivity index (χ3n) is 4.37. The number of H-pyrrole nitrogens is 1. The van der Waals surface area contributed by atoms with Gasteiger partial charge in [-0.1, -0.05) is 18.2 Å². The number of imidazole rings is 1. The van der Waals surface area contributed by atoms with Gasteiger partial charge in [0.15, 0.2) is 5.65 Å². The Bertz CT molecular complexity index is 1200. The van der Waals surface area contributed by atoms with E-state index in [9.17, 15) is 8.42 Å². The number of hydrogen-bond donors (Lipinski definition) is 4. The molecule has 0 radical (unpaired) electrons. The highest BCUT2D eigenvalue weighted by Crippen LogP contribution is 2.31.